The van der Waals surface area contributed by atoms with E-state index in [1.807, 2.05) is 13.8 Å². The molecule has 1 unspecified atom stereocenters. The third-order valence-corrected chi connectivity index (χ3v) is 2.53. The van der Waals surface area contributed by atoms with Crippen molar-refractivity contribution < 1.29 is 14.7 Å². The van der Waals surface area contributed by atoms with Gasteiger partial charge in [-0.3, -0.25) is 14.6 Å². The van der Waals surface area contributed by atoms with Gasteiger partial charge in [0, 0.05) is 12.2 Å². The Labute approximate surface area is 105 Å². The number of carbonyl (C=O) groups excluding carboxylic acids is 1. The third-order valence-electron chi connectivity index (χ3n) is 2.53. The number of aryl methyl sites for hydroxylation is 1. The number of aromatic nitrogens is 2. The molecule has 0 aliphatic carbocycles. The van der Waals surface area contributed by atoms with Crippen LogP contribution in [0.25, 0.3) is 0 Å². The Morgan fingerprint density at radius 3 is 2.44 bits per heavy atom. The lowest BCUT2D eigenvalue weighted by Crippen LogP contribution is -2.40. The summed E-state index contributed by atoms with van der Waals surface area (Å²) in [5.41, 5.74) is 0.911. The number of carbonyl (C=O) groups is 2. The van der Waals surface area contributed by atoms with Gasteiger partial charge in [-0.1, -0.05) is 13.8 Å². The first-order chi connectivity index (χ1) is 8.40. The Morgan fingerprint density at radius 1 is 1.33 bits per heavy atom. The van der Waals surface area contributed by atoms with Crippen molar-refractivity contribution in [2.45, 2.75) is 33.2 Å². The molecule has 6 heteroatoms. The number of hydrogen-bond donors (Lipinski definition) is 2. The highest BCUT2D eigenvalue weighted by Gasteiger charge is 2.20. The van der Waals surface area contributed by atoms with E-state index in [-0.39, 0.29) is 18.0 Å². The predicted octanol–water partition coefficient (Wildman–Crippen LogP) is 1.01. The van der Waals surface area contributed by atoms with Gasteiger partial charge in [-0.25, -0.2) is 4.98 Å². The summed E-state index contributed by atoms with van der Waals surface area (Å²) in [6.45, 7) is 5.49. The van der Waals surface area contributed by atoms with Crippen LogP contribution in [0.4, 0.5) is 0 Å². The first kappa shape index (κ1) is 14.1. The molecule has 1 heterocycles. The average Bonchev–Trinajstić information content (AvgIpc) is 2.28. The van der Waals surface area contributed by atoms with Gasteiger partial charge in [0.25, 0.3) is 5.91 Å². The van der Waals surface area contributed by atoms with Crippen LogP contribution >= 0.6 is 0 Å². The van der Waals surface area contributed by atoms with E-state index in [4.69, 9.17) is 5.11 Å². The van der Waals surface area contributed by atoms with E-state index < -0.39 is 17.9 Å². The highest BCUT2D eigenvalue weighted by Crippen LogP contribution is 2.07. The quantitative estimate of drug-likeness (QED) is 0.815. The van der Waals surface area contributed by atoms with Crippen molar-refractivity contribution in [1.29, 1.82) is 0 Å². The third kappa shape index (κ3) is 4.12. The van der Waals surface area contributed by atoms with Gasteiger partial charge in [0.15, 0.2) is 0 Å². The second-order valence-electron chi connectivity index (χ2n) is 4.46. The Hall–Kier alpha value is -1.98. The molecule has 1 amide bonds. The maximum Gasteiger partial charge on any atom is 0.305 e. The highest BCUT2D eigenvalue weighted by molar-refractivity contribution is 5.92. The van der Waals surface area contributed by atoms with E-state index in [9.17, 15) is 9.59 Å². The number of aliphatic carboxylic acids is 1. The predicted molar refractivity (Wildman–Crippen MR) is 65.1 cm³/mol. The minimum Gasteiger partial charge on any atom is -0.481 e. The van der Waals surface area contributed by atoms with Gasteiger partial charge in [-0.15, -0.1) is 0 Å². The summed E-state index contributed by atoms with van der Waals surface area (Å²) in [5, 5.41) is 11.4. The van der Waals surface area contributed by atoms with E-state index in [2.05, 4.69) is 15.3 Å². The van der Waals surface area contributed by atoms with Crippen molar-refractivity contribution in [2.75, 3.05) is 0 Å². The monoisotopic (exact) mass is 251 g/mol. The van der Waals surface area contributed by atoms with E-state index >= 15 is 0 Å². The molecule has 6 nitrogen and oxygen atoms in total. The largest absolute Gasteiger partial charge is 0.481 e. The lowest BCUT2D eigenvalue weighted by Gasteiger charge is -2.20. The van der Waals surface area contributed by atoms with Crippen molar-refractivity contribution in [3.05, 3.63) is 23.8 Å². The van der Waals surface area contributed by atoms with Crippen LogP contribution in [0.2, 0.25) is 0 Å². The fraction of sp³-hybridized carbons (Fsp3) is 0.500. The first-order valence-corrected chi connectivity index (χ1v) is 5.71. The van der Waals surface area contributed by atoms with E-state index in [0.29, 0.717) is 0 Å². The molecule has 0 aromatic carbocycles. The van der Waals surface area contributed by atoms with Crippen molar-refractivity contribution in [3.8, 4) is 0 Å². The molecule has 0 saturated carbocycles. The lowest BCUT2D eigenvalue weighted by molar-refractivity contribution is -0.137. The molecule has 0 fully saturated rings. The van der Waals surface area contributed by atoms with E-state index in [1.165, 1.54) is 12.4 Å². The highest BCUT2D eigenvalue weighted by atomic mass is 16.4. The van der Waals surface area contributed by atoms with Gasteiger partial charge in [-0.2, -0.15) is 0 Å². The molecule has 0 aliphatic rings. The van der Waals surface area contributed by atoms with Gasteiger partial charge < -0.3 is 10.4 Å². The minimum atomic E-state index is -0.941. The van der Waals surface area contributed by atoms with Crippen LogP contribution in [0.1, 0.15) is 36.5 Å². The maximum atomic E-state index is 11.8. The van der Waals surface area contributed by atoms with Crippen LogP contribution in [0.3, 0.4) is 0 Å². The van der Waals surface area contributed by atoms with E-state index in [0.717, 1.165) is 5.69 Å². The summed E-state index contributed by atoms with van der Waals surface area (Å²) in [6.07, 6.45) is 2.77. The SMILES string of the molecule is Cc1cnc(C(=O)NC(CC(=O)O)C(C)C)cn1. The molecule has 1 rings (SSSR count). The standard InChI is InChI=1S/C12H17N3O3/c1-7(2)9(4-11(16)17)15-12(18)10-6-13-8(3)5-14-10/h5-7,9H,4H2,1-3H3,(H,15,18)(H,16,17). The summed E-state index contributed by atoms with van der Waals surface area (Å²) < 4.78 is 0. The number of hydrogen-bond acceptors (Lipinski definition) is 4. The molecule has 1 aromatic rings. The van der Waals surface area contributed by atoms with E-state index in [1.54, 1.807) is 6.92 Å². The number of nitrogens with one attached hydrogen (secondary N) is 1. The molecule has 2 N–H and O–H groups in total. The average molecular weight is 251 g/mol. The number of carboxylic acids is 1. The van der Waals surface area contributed by atoms with Crippen molar-refractivity contribution in [1.82, 2.24) is 15.3 Å². The molecule has 1 aromatic heterocycles. The second-order valence-corrected chi connectivity index (χ2v) is 4.46. The van der Waals surface area contributed by atoms with Crippen LogP contribution in [0.15, 0.2) is 12.4 Å². The second kappa shape index (κ2) is 6.09. The fourth-order valence-electron chi connectivity index (χ4n) is 1.39. The van der Waals surface area contributed by atoms with Crippen molar-refractivity contribution in [3.63, 3.8) is 0 Å². The normalized spacial score (nSPS) is 12.2. The molecule has 0 radical (unpaired) electrons. The molecule has 0 spiro atoms. The number of nitrogens with zero attached hydrogens (tertiary/aromatic N) is 2. The summed E-state index contributed by atoms with van der Waals surface area (Å²) in [7, 11) is 0. The molecule has 98 valence electrons. The Bertz CT molecular complexity index is 429. The van der Waals surface area contributed by atoms with Crippen molar-refractivity contribution >= 4 is 11.9 Å². The zero-order valence-electron chi connectivity index (χ0n) is 10.7. The fourth-order valence-corrected chi connectivity index (χ4v) is 1.39. The van der Waals surface area contributed by atoms with Crippen molar-refractivity contribution in [2.24, 2.45) is 5.92 Å². The molecule has 0 saturated heterocycles. The molecular formula is C12H17N3O3. The van der Waals surface area contributed by atoms with Gasteiger partial charge >= 0.3 is 5.97 Å². The zero-order valence-corrected chi connectivity index (χ0v) is 10.7. The smallest absolute Gasteiger partial charge is 0.305 e. The Morgan fingerprint density at radius 2 is 2.00 bits per heavy atom. The first-order valence-electron chi connectivity index (χ1n) is 5.71. The van der Waals surface area contributed by atoms with Crippen LogP contribution in [-0.4, -0.2) is 33.0 Å². The number of amides is 1. The zero-order chi connectivity index (χ0) is 13.7. The van der Waals surface area contributed by atoms with Crippen LogP contribution in [0.5, 0.6) is 0 Å². The van der Waals surface area contributed by atoms with Gasteiger partial charge in [0.2, 0.25) is 0 Å². The van der Waals surface area contributed by atoms with Gasteiger partial charge in [0.05, 0.1) is 18.3 Å². The Kier molecular flexibility index (Phi) is 4.76. The molecular weight excluding hydrogens is 234 g/mol. The summed E-state index contributed by atoms with van der Waals surface area (Å²) in [4.78, 5) is 30.5. The van der Waals surface area contributed by atoms with Crippen LogP contribution in [0, 0.1) is 12.8 Å². The van der Waals surface area contributed by atoms with Gasteiger partial charge in [0.1, 0.15) is 5.69 Å². The topological polar surface area (TPSA) is 92.2 Å². The van der Waals surface area contributed by atoms with Crippen LogP contribution < -0.4 is 5.32 Å². The number of carboxylic acid groups (broad SMARTS) is 1. The summed E-state index contributed by atoms with van der Waals surface area (Å²) in [6, 6.07) is -0.418. The summed E-state index contributed by atoms with van der Waals surface area (Å²) in [5.74, 6) is -1.31. The molecule has 0 aliphatic heterocycles. The number of rotatable bonds is 5. The lowest BCUT2D eigenvalue weighted by atomic mass is 10.0. The minimum absolute atomic E-state index is 0.0310. The van der Waals surface area contributed by atoms with Crippen LogP contribution in [-0.2, 0) is 4.79 Å². The molecule has 0 bridgehead atoms. The summed E-state index contributed by atoms with van der Waals surface area (Å²) >= 11 is 0. The Balaban J connectivity index is 2.72. The maximum absolute atomic E-state index is 11.8. The van der Waals surface area contributed by atoms with Gasteiger partial charge in [-0.05, 0) is 12.8 Å². The molecule has 1 atom stereocenters. The molecule has 18 heavy (non-hydrogen) atoms.